The Kier molecular flexibility index (Phi) is 2.57. The molecule has 0 spiro atoms. The lowest BCUT2D eigenvalue weighted by Crippen LogP contribution is -2.36. The molecule has 2 rings (SSSR count). The number of hydrogen-bond donors (Lipinski definition) is 1. The first-order valence-electron chi connectivity index (χ1n) is 5.22. The van der Waals surface area contributed by atoms with Gasteiger partial charge >= 0.3 is 0 Å². The molecule has 0 aliphatic carbocycles. The van der Waals surface area contributed by atoms with E-state index in [9.17, 15) is 0 Å². The summed E-state index contributed by atoms with van der Waals surface area (Å²) in [5.74, 6) is 0. The normalized spacial score (nSPS) is 22.1. The molecular weight excluding hydrogens is 172 g/mol. The van der Waals surface area contributed by atoms with Crippen LogP contribution in [-0.2, 0) is 6.42 Å². The molecule has 0 fully saturated rings. The van der Waals surface area contributed by atoms with E-state index >= 15 is 0 Å². The number of benzene rings is 1. The number of hydrogen-bond acceptors (Lipinski definition) is 2. The van der Waals surface area contributed by atoms with Gasteiger partial charge in [-0.3, -0.25) is 4.90 Å². The van der Waals surface area contributed by atoms with Gasteiger partial charge in [0.25, 0.3) is 0 Å². The highest BCUT2D eigenvalue weighted by Gasteiger charge is 2.22. The topological polar surface area (TPSA) is 29.3 Å². The van der Waals surface area contributed by atoms with Crippen molar-refractivity contribution in [2.75, 3.05) is 20.1 Å². The Bertz CT molecular complexity index is 333. The molecular formula is C12H18N2. The van der Waals surface area contributed by atoms with Crippen LogP contribution in [0.25, 0.3) is 0 Å². The Labute approximate surface area is 85.7 Å². The average molecular weight is 190 g/mol. The third kappa shape index (κ3) is 1.56. The zero-order chi connectivity index (χ0) is 10.1. The molecule has 1 aliphatic rings. The van der Waals surface area contributed by atoms with Gasteiger partial charge in [0.15, 0.2) is 0 Å². The van der Waals surface area contributed by atoms with Gasteiger partial charge in [-0.15, -0.1) is 0 Å². The summed E-state index contributed by atoms with van der Waals surface area (Å²) in [4.78, 5) is 2.34. The first kappa shape index (κ1) is 9.69. The summed E-state index contributed by atoms with van der Waals surface area (Å²) in [6.45, 7) is 3.99. The molecule has 76 valence electrons. The maximum Gasteiger partial charge on any atom is 0.0470 e. The minimum atomic E-state index is 0.416. The molecule has 1 aromatic rings. The largest absolute Gasteiger partial charge is 0.329 e. The Morgan fingerprint density at radius 2 is 2.29 bits per heavy atom. The summed E-state index contributed by atoms with van der Waals surface area (Å²) >= 11 is 0. The lowest BCUT2D eigenvalue weighted by molar-refractivity contribution is 0.236. The van der Waals surface area contributed by atoms with Crippen LogP contribution in [0.4, 0.5) is 0 Å². The van der Waals surface area contributed by atoms with Gasteiger partial charge in [0.2, 0.25) is 0 Å². The zero-order valence-corrected chi connectivity index (χ0v) is 8.96. The van der Waals surface area contributed by atoms with E-state index in [-0.39, 0.29) is 0 Å². The van der Waals surface area contributed by atoms with Crippen LogP contribution in [-0.4, -0.2) is 25.0 Å². The summed E-state index contributed by atoms with van der Waals surface area (Å²) in [5.41, 5.74) is 10.1. The molecule has 0 radical (unpaired) electrons. The van der Waals surface area contributed by atoms with Gasteiger partial charge in [0.05, 0.1) is 0 Å². The molecule has 0 saturated carbocycles. The number of fused-ring (bicyclic) bond motifs is 1. The van der Waals surface area contributed by atoms with Gasteiger partial charge in [-0.05, 0) is 31.5 Å². The molecule has 1 aliphatic heterocycles. The van der Waals surface area contributed by atoms with E-state index in [4.69, 9.17) is 5.73 Å². The summed E-state index contributed by atoms with van der Waals surface area (Å²) in [6.07, 6.45) is 1.16. The van der Waals surface area contributed by atoms with Crippen molar-refractivity contribution in [3.8, 4) is 0 Å². The van der Waals surface area contributed by atoms with Crippen molar-refractivity contribution in [1.82, 2.24) is 4.90 Å². The number of nitrogens with two attached hydrogens (primary N) is 1. The van der Waals surface area contributed by atoms with Crippen molar-refractivity contribution in [2.45, 2.75) is 19.4 Å². The fourth-order valence-electron chi connectivity index (χ4n) is 2.27. The molecule has 2 nitrogen and oxygen atoms in total. The lowest BCUT2D eigenvalue weighted by atomic mass is 9.92. The van der Waals surface area contributed by atoms with Crippen molar-refractivity contribution in [2.24, 2.45) is 5.73 Å². The van der Waals surface area contributed by atoms with Gasteiger partial charge in [0.1, 0.15) is 0 Å². The first-order chi connectivity index (χ1) is 6.72. The fourth-order valence-corrected chi connectivity index (χ4v) is 2.27. The third-order valence-corrected chi connectivity index (χ3v) is 3.15. The Morgan fingerprint density at radius 1 is 1.50 bits per heavy atom. The molecule has 2 N–H and O–H groups in total. The van der Waals surface area contributed by atoms with Gasteiger partial charge in [-0.2, -0.15) is 0 Å². The minimum Gasteiger partial charge on any atom is -0.329 e. The lowest BCUT2D eigenvalue weighted by Gasteiger charge is -2.33. The molecule has 0 bridgehead atoms. The highest BCUT2D eigenvalue weighted by atomic mass is 15.1. The van der Waals surface area contributed by atoms with E-state index in [1.54, 1.807) is 0 Å². The second-order valence-corrected chi connectivity index (χ2v) is 4.18. The van der Waals surface area contributed by atoms with Gasteiger partial charge in [-0.25, -0.2) is 0 Å². The second kappa shape index (κ2) is 3.71. The van der Waals surface area contributed by atoms with Gasteiger partial charge in [0, 0.05) is 19.1 Å². The Hall–Kier alpha value is -0.860. The van der Waals surface area contributed by atoms with Gasteiger partial charge in [-0.1, -0.05) is 23.8 Å². The number of nitrogens with zero attached hydrogens (tertiary/aromatic N) is 1. The fraction of sp³-hybridized carbons (Fsp3) is 0.500. The van der Waals surface area contributed by atoms with E-state index < -0.39 is 0 Å². The van der Waals surface area contributed by atoms with Crippen LogP contribution in [0.3, 0.4) is 0 Å². The predicted molar refractivity (Wildman–Crippen MR) is 59.3 cm³/mol. The van der Waals surface area contributed by atoms with E-state index in [0.717, 1.165) is 13.0 Å². The summed E-state index contributed by atoms with van der Waals surface area (Å²) in [6, 6.07) is 7.13. The third-order valence-electron chi connectivity index (χ3n) is 3.15. The zero-order valence-electron chi connectivity index (χ0n) is 8.96. The number of rotatable bonds is 1. The standard InChI is InChI=1S/C12H18N2/c1-9-3-4-11-10(7-9)5-6-14(2)12(11)8-13/h3-4,7,12H,5-6,8,13H2,1-2H3. The van der Waals surface area contributed by atoms with E-state index in [2.05, 4.69) is 37.1 Å². The maximum absolute atomic E-state index is 5.80. The molecule has 1 atom stereocenters. The van der Waals surface area contributed by atoms with Crippen LogP contribution in [0, 0.1) is 6.92 Å². The highest BCUT2D eigenvalue weighted by molar-refractivity contribution is 5.36. The van der Waals surface area contributed by atoms with Crippen LogP contribution in [0.2, 0.25) is 0 Å². The molecule has 1 aromatic carbocycles. The summed E-state index contributed by atoms with van der Waals surface area (Å²) in [5, 5.41) is 0. The van der Waals surface area contributed by atoms with Crippen LogP contribution >= 0.6 is 0 Å². The van der Waals surface area contributed by atoms with Crippen molar-refractivity contribution in [3.05, 3.63) is 34.9 Å². The van der Waals surface area contributed by atoms with Crippen molar-refractivity contribution in [1.29, 1.82) is 0 Å². The molecule has 0 amide bonds. The molecule has 14 heavy (non-hydrogen) atoms. The van der Waals surface area contributed by atoms with Crippen molar-refractivity contribution < 1.29 is 0 Å². The predicted octanol–water partition coefficient (Wildman–Crippen LogP) is 1.48. The molecule has 0 saturated heterocycles. The quantitative estimate of drug-likeness (QED) is 0.727. The smallest absolute Gasteiger partial charge is 0.0470 e. The molecule has 2 heteroatoms. The van der Waals surface area contributed by atoms with Crippen LogP contribution in [0.5, 0.6) is 0 Å². The second-order valence-electron chi connectivity index (χ2n) is 4.18. The SMILES string of the molecule is Cc1ccc2c(c1)CCN(C)C2CN. The minimum absolute atomic E-state index is 0.416. The van der Waals surface area contributed by atoms with Gasteiger partial charge < -0.3 is 5.73 Å². The van der Waals surface area contributed by atoms with E-state index in [1.165, 1.54) is 16.7 Å². The average Bonchev–Trinajstić information content (AvgIpc) is 2.18. The van der Waals surface area contributed by atoms with Crippen molar-refractivity contribution >= 4 is 0 Å². The number of aryl methyl sites for hydroxylation is 1. The van der Waals surface area contributed by atoms with Crippen LogP contribution in [0.15, 0.2) is 18.2 Å². The summed E-state index contributed by atoms with van der Waals surface area (Å²) < 4.78 is 0. The molecule has 1 heterocycles. The van der Waals surface area contributed by atoms with Crippen LogP contribution < -0.4 is 5.73 Å². The maximum atomic E-state index is 5.80. The highest BCUT2D eigenvalue weighted by Crippen LogP contribution is 2.28. The first-order valence-corrected chi connectivity index (χ1v) is 5.22. The Morgan fingerprint density at radius 3 is 3.00 bits per heavy atom. The monoisotopic (exact) mass is 190 g/mol. The summed E-state index contributed by atoms with van der Waals surface area (Å²) in [7, 11) is 2.15. The molecule has 0 aromatic heterocycles. The van der Waals surface area contributed by atoms with E-state index in [1.807, 2.05) is 0 Å². The number of likely N-dealkylation sites (N-methyl/N-ethyl adjacent to an activating group) is 1. The van der Waals surface area contributed by atoms with E-state index in [0.29, 0.717) is 12.6 Å². The van der Waals surface area contributed by atoms with Crippen molar-refractivity contribution in [3.63, 3.8) is 0 Å². The molecule has 1 unspecified atom stereocenters. The van der Waals surface area contributed by atoms with Crippen LogP contribution in [0.1, 0.15) is 22.7 Å². The Balaban J connectivity index is 2.41.